The molecule has 1 aromatic heterocycles. The standard InChI is InChI=1S/C13H14N2O/c1-9-13(12(16)7-8-14)10-5-3-4-6-11(10)15(9)2/h3-6,12,16H,7H2,1-2H3. The van der Waals surface area contributed by atoms with Crippen LogP contribution in [0.2, 0.25) is 0 Å². The van der Waals surface area contributed by atoms with Gasteiger partial charge in [0.15, 0.2) is 0 Å². The number of nitrogens with zero attached hydrogens (tertiary/aromatic N) is 2. The first-order valence-electron chi connectivity index (χ1n) is 5.25. The number of aliphatic hydroxyl groups excluding tert-OH is 1. The van der Waals surface area contributed by atoms with Crippen molar-refractivity contribution in [3.8, 4) is 6.07 Å². The Labute approximate surface area is 94.5 Å². The maximum atomic E-state index is 9.98. The molecule has 0 saturated heterocycles. The first-order chi connectivity index (χ1) is 7.66. The van der Waals surface area contributed by atoms with Gasteiger partial charge in [0.1, 0.15) is 0 Å². The highest BCUT2D eigenvalue weighted by molar-refractivity contribution is 5.85. The zero-order chi connectivity index (χ0) is 11.7. The van der Waals surface area contributed by atoms with Gasteiger partial charge in [-0.15, -0.1) is 0 Å². The van der Waals surface area contributed by atoms with Crippen molar-refractivity contribution in [3.63, 3.8) is 0 Å². The lowest BCUT2D eigenvalue weighted by Crippen LogP contribution is -1.99. The van der Waals surface area contributed by atoms with Gasteiger partial charge in [-0.25, -0.2) is 0 Å². The van der Waals surface area contributed by atoms with E-state index in [0.717, 1.165) is 22.2 Å². The molecule has 2 aromatic rings. The third-order valence-electron chi connectivity index (χ3n) is 3.07. The fourth-order valence-electron chi connectivity index (χ4n) is 2.16. The first kappa shape index (κ1) is 10.7. The van der Waals surface area contributed by atoms with Crippen molar-refractivity contribution in [3.05, 3.63) is 35.5 Å². The summed E-state index contributed by atoms with van der Waals surface area (Å²) in [6.45, 7) is 1.97. The second-order valence-electron chi connectivity index (χ2n) is 3.95. The number of hydrogen-bond donors (Lipinski definition) is 1. The molecule has 3 heteroatoms. The van der Waals surface area contributed by atoms with Gasteiger partial charge in [0.05, 0.1) is 18.6 Å². The lowest BCUT2D eigenvalue weighted by molar-refractivity contribution is 0.184. The molecule has 0 saturated carbocycles. The topological polar surface area (TPSA) is 48.9 Å². The van der Waals surface area contributed by atoms with Crippen LogP contribution in [0.1, 0.15) is 23.8 Å². The zero-order valence-electron chi connectivity index (χ0n) is 9.44. The minimum absolute atomic E-state index is 0.134. The van der Waals surface area contributed by atoms with Crippen LogP contribution in [0.5, 0.6) is 0 Å². The molecule has 1 N–H and O–H groups in total. The molecule has 0 fully saturated rings. The molecule has 0 spiro atoms. The smallest absolute Gasteiger partial charge is 0.0943 e. The summed E-state index contributed by atoms with van der Waals surface area (Å²) in [5.41, 5.74) is 2.98. The molecule has 0 bridgehead atoms. The van der Waals surface area contributed by atoms with E-state index in [9.17, 15) is 5.11 Å². The van der Waals surface area contributed by atoms with Gasteiger partial charge in [-0.3, -0.25) is 0 Å². The van der Waals surface area contributed by atoms with E-state index < -0.39 is 6.10 Å². The van der Waals surface area contributed by atoms with Crippen LogP contribution in [0, 0.1) is 18.3 Å². The fourth-order valence-corrected chi connectivity index (χ4v) is 2.16. The quantitative estimate of drug-likeness (QED) is 0.834. The van der Waals surface area contributed by atoms with E-state index in [4.69, 9.17) is 5.26 Å². The van der Waals surface area contributed by atoms with Crippen molar-refractivity contribution in [2.24, 2.45) is 7.05 Å². The number of fused-ring (bicyclic) bond motifs is 1. The van der Waals surface area contributed by atoms with Crippen molar-refractivity contribution in [1.82, 2.24) is 4.57 Å². The average Bonchev–Trinajstić information content (AvgIpc) is 2.53. The fraction of sp³-hybridized carbons (Fsp3) is 0.308. The zero-order valence-corrected chi connectivity index (χ0v) is 9.44. The molecule has 0 aliphatic rings. The molecule has 82 valence electrons. The van der Waals surface area contributed by atoms with E-state index in [2.05, 4.69) is 0 Å². The van der Waals surface area contributed by atoms with Crippen LogP contribution in [0.15, 0.2) is 24.3 Å². The van der Waals surface area contributed by atoms with E-state index in [1.54, 1.807) is 0 Å². The van der Waals surface area contributed by atoms with Gasteiger partial charge in [0, 0.05) is 29.2 Å². The number of rotatable bonds is 2. The predicted octanol–water partition coefficient (Wildman–Crippen LogP) is 2.43. The second kappa shape index (κ2) is 3.99. The summed E-state index contributed by atoms with van der Waals surface area (Å²) >= 11 is 0. The van der Waals surface area contributed by atoms with Gasteiger partial charge in [-0.2, -0.15) is 5.26 Å². The molecule has 1 aromatic carbocycles. The number of aliphatic hydroxyl groups is 1. The highest BCUT2D eigenvalue weighted by Crippen LogP contribution is 2.31. The van der Waals surface area contributed by atoms with Gasteiger partial charge < -0.3 is 9.67 Å². The summed E-state index contributed by atoms with van der Waals surface area (Å²) in [7, 11) is 1.97. The molecular formula is C13H14N2O. The lowest BCUT2D eigenvalue weighted by Gasteiger charge is -2.07. The van der Waals surface area contributed by atoms with Gasteiger partial charge >= 0.3 is 0 Å². The Balaban J connectivity index is 2.69. The van der Waals surface area contributed by atoms with Crippen molar-refractivity contribution in [1.29, 1.82) is 5.26 Å². The molecule has 1 heterocycles. The van der Waals surface area contributed by atoms with Crippen molar-refractivity contribution < 1.29 is 5.11 Å². The van der Waals surface area contributed by atoms with E-state index in [1.165, 1.54) is 0 Å². The normalized spacial score (nSPS) is 12.6. The summed E-state index contributed by atoms with van der Waals surface area (Å²) < 4.78 is 2.05. The third kappa shape index (κ3) is 1.48. The molecule has 1 unspecified atom stereocenters. The summed E-state index contributed by atoms with van der Waals surface area (Å²) in [4.78, 5) is 0. The van der Waals surface area contributed by atoms with Crippen LogP contribution < -0.4 is 0 Å². The number of benzene rings is 1. The van der Waals surface area contributed by atoms with Crippen molar-refractivity contribution in [2.75, 3.05) is 0 Å². The second-order valence-corrected chi connectivity index (χ2v) is 3.95. The molecular weight excluding hydrogens is 200 g/mol. The minimum atomic E-state index is -0.698. The molecule has 0 aliphatic heterocycles. The van der Waals surface area contributed by atoms with Gasteiger partial charge in [0.25, 0.3) is 0 Å². The van der Waals surface area contributed by atoms with Crippen LogP contribution in [0.25, 0.3) is 10.9 Å². The summed E-state index contributed by atoms with van der Waals surface area (Å²) in [5.74, 6) is 0. The maximum Gasteiger partial charge on any atom is 0.0943 e. The number of hydrogen-bond acceptors (Lipinski definition) is 2. The van der Waals surface area contributed by atoms with E-state index in [0.29, 0.717) is 0 Å². The molecule has 0 radical (unpaired) electrons. The molecule has 0 aliphatic carbocycles. The number of nitriles is 1. The molecule has 2 rings (SSSR count). The number of para-hydroxylation sites is 1. The number of aryl methyl sites for hydroxylation is 1. The Hall–Kier alpha value is -1.79. The average molecular weight is 214 g/mol. The molecule has 0 amide bonds. The summed E-state index contributed by atoms with van der Waals surface area (Å²) in [6.07, 6.45) is -0.564. The molecule has 3 nitrogen and oxygen atoms in total. The van der Waals surface area contributed by atoms with E-state index >= 15 is 0 Å². The number of aromatic nitrogens is 1. The first-order valence-corrected chi connectivity index (χ1v) is 5.25. The van der Waals surface area contributed by atoms with Crippen molar-refractivity contribution in [2.45, 2.75) is 19.4 Å². The van der Waals surface area contributed by atoms with Crippen LogP contribution >= 0.6 is 0 Å². The molecule has 16 heavy (non-hydrogen) atoms. The Morgan fingerprint density at radius 1 is 1.44 bits per heavy atom. The van der Waals surface area contributed by atoms with Crippen LogP contribution in [-0.4, -0.2) is 9.67 Å². The van der Waals surface area contributed by atoms with Gasteiger partial charge in [0.2, 0.25) is 0 Å². The SMILES string of the molecule is Cc1c(C(O)CC#N)c2ccccc2n1C. The monoisotopic (exact) mass is 214 g/mol. The molecule has 1 atom stereocenters. The van der Waals surface area contributed by atoms with Gasteiger partial charge in [-0.05, 0) is 13.0 Å². The Kier molecular flexibility index (Phi) is 2.67. The van der Waals surface area contributed by atoms with Gasteiger partial charge in [-0.1, -0.05) is 18.2 Å². The summed E-state index contributed by atoms with van der Waals surface area (Å²) in [6, 6.07) is 9.93. The predicted molar refractivity (Wildman–Crippen MR) is 62.8 cm³/mol. The highest BCUT2D eigenvalue weighted by atomic mass is 16.3. The minimum Gasteiger partial charge on any atom is -0.387 e. The largest absolute Gasteiger partial charge is 0.387 e. The Bertz CT molecular complexity index is 563. The van der Waals surface area contributed by atoms with Crippen LogP contribution in [0.3, 0.4) is 0 Å². The lowest BCUT2D eigenvalue weighted by atomic mass is 10.0. The van der Waals surface area contributed by atoms with Crippen LogP contribution in [0.4, 0.5) is 0 Å². The summed E-state index contributed by atoms with van der Waals surface area (Å²) in [5, 5.41) is 19.7. The third-order valence-corrected chi connectivity index (χ3v) is 3.07. The Morgan fingerprint density at radius 2 is 2.12 bits per heavy atom. The van der Waals surface area contributed by atoms with E-state index in [-0.39, 0.29) is 6.42 Å². The van der Waals surface area contributed by atoms with E-state index in [1.807, 2.05) is 48.9 Å². The highest BCUT2D eigenvalue weighted by Gasteiger charge is 2.17. The maximum absolute atomic E-state index is 9.98. The Morgan fingerprint density at radius 3 is 2.81 bits per heavy atom. The van der Waals surface area contributed by atoms with Crippen LogP contribution in [-0.2, 0) is 7.05 Å². The van der Waals surface area contributed by atoms with Crippen molar-refractivity contribution >= 4 is 10.9 Å².